The first-order valence-corrected chi connectivity index (χ1v) is 18.8. The van der Waals surface area contributed by atoms with E-state index in [1.54, 1.807) is 36.4 Å². The molecule has 0 spiro atoms. The lowest BCUT2D eigenvalue weighted by molar-refractivity contribution is 0.0686. The van der Waals surface area contributed by atoms with Gasteiger partial charge in [-0.25, -0.2) is 14.4 Å². The Hall–Kier alpha value is -6.21. The number of hydrogen-bond acceptors (Lipinski definition) is 3. The molecule has 0 saturated carbocycles. The van der Waals surface area contributed by atoms with Crippen molar-refractivity contribution in [1.82, 2.24) is 0 Å². The van der Waals surface area contributed by atoms with Gasteiger partial charge in [0.2, 0.25) is 6.71 Å². The number of hydrogen-bond donors (Lipinski definition) is 3. The summed E-state index contributed by atoms with van der Waals surface area (Å²) < 4.78 is 0. The normalized spacial score (nSPS) is 11.1. The topological polar surface area (TPSA) is 112 Å². The SMILES string of the molecule is Cc1cc(-c2ccc(C(=O)O)cc2)cc(C)c1B(c1c(C)c(C)c(-c2ccc(C(=O)O)cc2)c(C)c1C)c1c(C)c(C)c(-c2ccc(C(=O)O)cc2)c(C)c1C. The number of carboxylic acids is 3. The third-order valence-electron chi connectivity index (χ3n) is 12.1. The second kappa shape index (κ2) is 15.1. The third-order valence-corrected chi connectivity index (χ3v) is 12.1. The molecule has 0 unspecified atom stereocenters. The lowest BCUT2D eigenvalue weighted by Crippen LogP contribution is -2.58. The summed E-state index contributed by atoms with van der Waals surface area (Å²) in [6.45, 7) is 21.6. The van der Waals surface area contributed by atoms with Crippen LogP contribution in [0.2, 0.25) is 0 Å². The summed E-state index contributed by atoms with van der Waals surface area (Å²) in [5.74, 6) is -2.87. The van der Waals surface area contributed by atoms with Crippen LogP contribution in [0, 0.1) is 69.2 Å². The Kier molecular flexibility index (Phi) is 10.7. The standard InChI is InChI=1S/C49H47BO6/c1-25-23-41(35-11-17-38(18-12-35)47(51)52)24-26(2)44(25)50(45-31(7)27(3)42(28(4)32(45)8)36-13-19-39(20-14-36)48(53)54)46-33(9)29(5)43(30(6)34(46)10)37-15-21-40(22-16-37)49(55)56/h11-24H,1-10H3,(H,51,52)(H,53,54)(H,55,56). The maximum Gasteiger partial charge on any atom is 0.335 e. The minimum atomic E-state index is -0.957. The molecule has 0 aliphatic rings. The minimum absolute atomic E-state index is 0.153. The van der Waals surface area contributed by atoms with Gasteiger partial charge in [0.05, 0.1) is 16.7 Å². The average Bonchev–Trinajstić information content (AvgIpc) is 3.16. The molecule has 6 nitrogen and oxygen atoms in total. The van der Waals surface area contributed by atoms with Gasteiger partial charge >= 0.3 is 17.9 Å². The second-order valence-electron chi connectivity index (χ2n) is 15.2. The van der Waals surface area contributed by atoms with Crippen LogP contribution >= 0.6 is 0 Å². The van der Waals surface area contributed by atoms with Gasteiger partial charge in [0.1, 0.15) is 0 Å². The van der Waals surface area contributed by atoms with Crippen LogP contribution < -0.4 is 16.4 Å². The Bertz CT molecular complexity index is 2370. The summed E-state index contributed by atoms with van der Waals surface area (Å²) in [7, 11) is 0. The number of carbonyl (C=O) groups is 3. The molecular weight excluding hydrogens is 695 g/mol. The zero-order valence-corrected chi connectivity index (χ0v) is 33.7. The molecule has 0 saturated heterocycles. The highest BCUT2D eigenvalue weighted by Gasteiger charge is 2.34. The third kappa shape index (κ3) is 6.83. The van der Waals surface area contributed by atoms with Crippen LogP contribution in [0.3, 0.4) is 0 Å². The number of rotatable bonds is 9. The van der Waals surface area contributed by atoms with Gasteiger partial charge in [-0.1, -0.05) is 98.3 Å². The van der Waals surface area contributed by atoms with Gasteiger partial charge in [0.25, 0.3) is 0 Å². The number of aryl methyl sites for hydroxylation is 2. The number of carboxylic acid groups (broad SMARTS) is 3. The Balaban J connectivity index is 1.65. The van der Waals surface area contributed by atoms with E-state index in [1.807, 2.05) is 36.4 Å². The van der Waals surface area contributed by atoms with Crippen LogP contribution in [0.5, 0.6) is 0 Å². The summed E-state index contributed by atoms with van der Waals surface area (Å²) >= 11 is 0. The Labute approximate surface area is 329 Å². The van der Waals surface area contributed by atoms with Crippen LogP contribution in [0.4, 0.5) is 0 Å². The van der Waals surface area contributed by atoms with E-state index in [-0.39, 0.29) is 23.4 Å². The molecule has 6 aromatic rings. The highest BCUT2D eigenvalue weighted by Crippen LogP contribution is 2.35. The molecule has 6 rings (SSSR count). The fourth-order valence-corrected chi connectivity index (χ4v) is 8.81. The summed E-state index contributed by atoms with van der Waals surface area (Å²) in [5.41, 5.74) is 22.0. The van der Waals surface area contributed by atoms with Gasteiger partial charge < -0.3 is 15.3 Å². The first kappa shape index (κ1) is 39.5. The molecule has 56 heavy (non-hydrogen) atoms. The molecule has 0 fully saturated rings. The summed E-state index contributed by atoms with van der Waals surface area (Å²) in [6, 6.07) is 25.7. The van der Waals surface area contributed by atoms with E-state index >= 15 is 0 Å². The van der Waals surface area contributed by atoms with Gasteiger partial charge in [0.15, 0.2) is 0 Å². The fourth-order valence-electron chi connectivity index (χ4n) is 8.81. The van der Waals surface area contributed by atoms with Gasteiger partial charge in [-0.3, -0.25) is 0 Å². The minimum Gasteiger partial charge on any atom is -0.478 e. The van der Waals surface area contributed by atoms with Crippen molar-refractivity contribution in [2.75, 3.05) is 0 Å². The highest BCUT2D eigenvalue weighted by atomic mass is 16.4. The van der Waals surface area contributed by atoms with E-state index < -0.39 is 17.9 Å². The van der Waals surface area contributed by atoms with Crippen LogP contribution in [-0.4, -0.2) is 39.9 Å². The lowest BCUT2D eigenvalue weighted by Gasteiger charge is -2.31. The first-order chi connectivity index (χ1) is 26.4. The van der Waals surface area contributed by atoms with E-state index in [9.17, 15) is 29.7 Å². The second-order valence-corrected chi connectivity index (χ2v) is 15.2. The Morgan fingerprint density at radius 3 is 0.893 bits per heavy atom. The first-order valence-electron chi connectivity index (χ1n) is 18.8. The van der Waals surface area contributed by atoms with Gasteiger partial charge in [0, 0.05) is 0 Å². The molecule has 0 amide bonds. The molecule has 0 bridgehead atoms. The van der Waals surface area contributed by atoms with Crippen LogP contribution in [0.1, 0.15) is 86.7 Å². The van der Waals surface area contributed by atoms with Gasteiger partial charge in [-0.05, 0) is 161 Å². The van der Waals surface area contributed by atoms with Crippen molar-refractivity contribution >= 4 is 41.0 Å². The predicted molar refractivity (Wildman–Crippen MR) is 229 cm³/mol. The van der Waals surface area contributed by atoms with E-state index in [0.717, 1.165) is 66.8 Å². The number of benzene rings is 6. The average molecular weight is 743 g/mol. The molecule has 282 valence electrons. The molecule has 0 radical (unpaired) electrons. The molecule has 7 heteroatoms. The largest absolute Gasteiger partial charge is 0.478 e. The quantitative estimate of drug-likeness (QED) is 0.127. The van der Waals surface area contributed by atoms with E-state index in [2.05, 4.69) is 81.4 Å². The van der Waals surface area contributed by atoms with Crippen LogP contribution in [-0.2, 0) is 0 Å². The maximum atomic E-state index is 11.7. The Morgan fingerprint density at radius 1 is 0.357 bits per heavy atom. The summed E-state index contributed by atoms with van der Waals surface area (Å²) in [6.07, 6.45) is 0. The Morgan fingerprint density at radius 2 is 0.625 bits per heavy atom. The molecule has 0 aliphatic heterocycles. The molecule has 3 N–H and O–H groups in total. The summed E-state index contributed by atoms with van der Waals surface area (Å²) in [5, 5.41) is 28.6. The van der Waals surface area contributed by atoms with Crippen molar-refractivity contribution in [2.45, 2.75) is 69.2 Å². The zero-order valence-electron chi connectivity index (χ0n) is 33.7. The molecule has 6 aromatic carbocycles. The summed E-state index contributed by atoms with van der Waals surface area (Å²) in [4.78, 5) is 34.9. The van der Waals surface area contributed by atoms with E-state index in [0.29, 0.717) is 0 Å². The van der Waals surface area contributed by atoms with E-state index in [4.69, 9.17) is 0 Å². The molecule has 0 heterocycles. The van der Waals surface area contributed by atoms with Crippen molar-refractivity contribution in [3.63, 3.8) is 0 Å². The van der Waals surface area contributed by atoms with Crippen LogP contribution in [0.15, 0.2) is 84.9 Å². The van der Waals surface area contributed by atoms with Crippen molar-refractivity contribution in [3.05, 3.63) is 157 Å². The molecule has 0 aromatic heterocycles. The lowest BCUT2D eigenvalue weighted by atomic mass is 9.32. The van der Waals surface area contributed by atoms with Crippen molar-refractivity contribution in [2.24, 2.45) is 0 Å². The van der Waals surface area contributed by atoms with Gasteiger partial charge in [-0.15, -0.1) is 0 Å². The maximum absolute atomic E-state index is 11.7. The zero-order chi connectivity index (χ0) is 40.9. The fraction of sp³-hybridized carbons (Fsp3) is 0.204. The monoisotopic (exact) mass is 742 g/mol. The molecule has 0 atom stereocenters. The van der Waals surface area contributed by atoms with Crippen molar-refractivity contribution < 1.29 is 29.7 Å². The number of aromatic carboxylic acids is 3. The van der Waals surface area contributed by atoms with Gasteiger partial charge in [-0.2, -0.15) is 0 Å². The van der Waals surface area contributed by atoms with Crippen LogP contribution in [0.25, 0.3) is 33.4 Å². The van der Waals surface area contributed by atoms with Crippen molar-refractivity contribution in [3.8, 4) is 33.4 Å². The molecular formula is C49H47BO6. The van der Waals surface area contributed by atoms with Crippen molar-refractivity contribution in [1.29, 1.82) is 0 Å². The highest BCUT2D eigenvalue weighted by molar-refractivity contribution is 6.97. The predicted octanol–water partition coefficient (Wildman–Crippen LogP) is 9.38. The molecule has 0 aliphatic carbocycles. The van der Waals surface area contributed by atoms with E-state index in [1.165, 1.54) is 38.6 Å². The smallest absolute Gasteiger partial charge is 0.335 e.